The second-order valence-corrected chi connectivity index (χ2v) is 4.92. The van der Waals surface area contributed by atoms with E-state index in [0.29, 0.717) is 6.54 Å². The first-order valence-electron chi connectivity index (χ1n) is 5.96. The number of primary amides is 1. The minimum absolute atomic E-state index is 0.157. The molecule has 1 heterocycles. The number of hydrogen-bond donors (Lipinski definition) is 3. The summed E-state index contributed by atoms with van der Waals surface area (Å²) in [5, 5.41) is 5.92. The summed E-state index contributed by atoms with van der Waals surface area (Å²) in [6.45, 7) is 7.17. The number of rotatable bonds is 4. The van der Waals surface area contributed by atoms with Gasteiger partial charge in [-0.2, -0.15) is 0 Å². The molecular weight excluding hydrogens is 220 g/mol. The lowest BCUT2D eigenvalue weighted by atomic mass is 10.1. The van der Waals surface area contributed by atoms with E-state index in [0.717, 1.165) is 32.6 Å². The monoisotopic (exact) mass is 242 g/mol. The maximum atomic E-state index is 11.8. The number of nitrogens with two attached hydrogens (primary N) is 1. The van der Waals surface area contributed by atoms with Crippen LogP contribution >= 0.6 is 0 Å². The predicted molar refractivity (Wildman–Crippen MR) is 65.3 cm³/mol. The van der Waals surface area contributed by atoms with Gasteiger partial charge in [-0.05, 0) is 33.4 Å². The maximum Gasteiger partial charge on any atom is 0.242 e. The van der Waals surface area contributed by atoms with Gasteiger partial charge in [-0.1, -0.05) is 0 Å². The molecule has 0 atom stereocenters. The molecule has 0 aliphatic carbocycles. The van der Waals surface area contributed by atoms with E-state index < -0.39 is 11.4 Å². The maximum absolute atomic E-state index is 11.8. The summed E-state index contributed by atoms with van der Waals surface area (Å²) in [7, 11) is 0. The fourth-order valence-electron chi connectivity index (χ4n) is 1.71. The van der Waals surface area contributed by atoms with Crippen LogP contribution in [-0.4, -0.2) is 55.0 Å². The number of amides is 2. The van der Waals surface area contributed by atoms with Crippen LogP contribution in [0.15, 0.2) is 0 Å². The third-order valence-corrected chi connectivity index (χ3v) is 2.87. The Hall–Kier alpha value is -1.14. The van der Waals surface area contributed by atoms with Crippen LogP contribution < -0.4 is 16.4 Å². The van der Waals surface area contributed by atoms with Crippen LogP contribution in [0.1, 0.15) is 20.3 Å². The molecule has 0 unspecified atom stereocenters. The molecule has 0 saturated carbocycles. The summed E-state index contributed by atoms with van der Waals surface area (Å²) in [6.07, 6.45) is 1.03. The zero-order chi connectivity index (χ0) is 12.9. The first kappa shape index (κ1) is 13.9. The van der Waals surface area contributed by atoms with Gasteiger partial charge in [0.2, 0.25) is 11.8 Å². The Morgan fingerprint density at radius 3 is 2.71 bits per heavy atom. The molecule has 2 amide bonds. The van der Waals surface area contributed by atoms with Crippen molar-refractivity contribution in [3.05, 3.63) is 0 Å². The molecule has 1 rings (SSSR count). The molecule has 1 aliphatic heterocycles. The van der Waals surface area contributed by atoms with Crippen molar-refractivity contribution in [2.24, 2.45) is 5.73 Å². The lowest BCUT2D eigenvalue weighted by Crippen LogP contribution is -2.55. The molecule has 0 bridgehead atoms. The quantitative estimate of drug-likeness (QED) is 0.569. The molecule has 0 spiro atoms. The van der Waals surface area contributed by atoms with Crippen LogP contribution in [-0.2, 0) is 9.59 Å². The SMILES string of the molecule is CC(C)(NC(=O)CN1CCCNCC1)C(N)=O. The molecule has 17 heavy (non-hydrogen) atoms. The fourth-order valence-corrected chi connectivity index (χ4v) is 1.71. The van der Waals surface area contributed by atoms with Gasteiger partial charge < -0.3 is 16.4 Å². The normalized spacial score (nSPS) is 18.5. The van der Waals surface area contributed by atoms with Crippen molar-refractivity contribution in [1.82, 2.24) is 15.5 Å². The van der Waals surface area contributed by atoms with Gasteiger partial charge >= 0.3 is 0 Å². The van der Waals surface area contributed by atoms with Crippen LogP contribution in [0.25, 0.3) is 0 Å². The highest BCUT2D eigenvalue weighted by Gasteiger charge is 2.27. The van der Waals surface area contributed by atoms with E-state index >= 15 is 0 Å². The second-order valence-electron chi connectivity index (χ2n) is 4.92. The Bertz CT molecular complexity index is 283. The Labute approximate surface area is 102 Å². The van der Waals surface area contributed by atoms with E-state index in [-0.39, 0.29) is 5.91 Å². The Morgan fingerprint density at radius 1 is 1.35 bits per heavy atom. The number of nitrogens with one attached hydrogen (secondary N) is 2. The topological polar surface area (TPSA) is 87.5 Å². The smallest absolute Gasteiger partial charge is 0.242 e. The van der Waals surface area contributed by atoms with Crippen LogP contribution in [0.2, 0.25) is 0 Å². The van der Waals surface area contributed by atoms with Gasteiger partial charge in [0.05, 0.1) is 6.54 Å². The van der Waals surface area contributed by atoms with Gasteiger partial charge in [-0.15, -0.1) is 0 Å². The highest BCUT2D eigenvalue weighted by atomic mass is 16.2. The first-order chi connectivity index (χ1) is 7.92. The average Bonchev–Trinajstić information content (AvgIpc) is 2.45. The van der Waals surface area contributed by atoms with E-state index in [4.69, 9.17) is 5.73 Å². The van der Waals surface area contributed by atoms with Crippen molar-refractivity contribution in [3.8, 4) is 0 Å². The molecule has 0 aromatic heterocycles. The molecule has 0 aromatic carbocycles. The van der Waals surface area contributed by atoms with Crippen LogP contribution in [0.3, 0.4) is 0 Å². The summed E-state index contributed by atoms with van der Waals surface area (Å²) in [5.41, 5.74) is 4.21. The molecule has 4 N–H and O–H groups in total. The summed E-state index contributed by atoms with van der Waals surface area (Å²) >= 11 is 0. The zero-order valence-electron chi connectivity index (χ0n) is 10.6. The van der Waals surface area contributed by atoms with Crippen molar-refractivity contribution < 1.29 is 9.59 Å². The molecule has 1 saturated heterocycles. The third-order valence-electron chi connectivity index (χ3n) is 2.87. The summed E-state index contributed by atoms with van der Waals surface area (Å²) in [5.74, 6) is -0.681. The number of hydrogen-bond acceptors (Lipinski definition) is 4. The fraction of sp³-hybridized carbons (Fsp3) is 0.818. The van der Waals surface area contributed by atoms with Gasteiger partial charge in [-0.25, -0.2) is 0 Å². The van der Waals surface area contributed by atoms with Crippen LogP contribution in [0.4, 0.5) is 0 Å². The van der Waals surface area contributed by atoms with Gasteiger partial charge in [0.1, 0.15) is 5.54 Å². The van der Waals surface area contributed by atoms with Gasteiger partial charge in [-0.3, -0.25) is 14.5 Å². The molecule has 6 heteroatoms. The second kappa shape index (κ2) is 5.97. The Kier molecular flexibility index (Phi) is 4.89. The van der Waals surface area contributed by atoms with Crippen LogP contribution in [0.5, 0.6) is 0 Å². The van der Waals surface area contributed by atoms with E-state index in [9.17, 15) is 9.59 Å². The molecular formula is C11H22N4O2. The average molecular weight is 242 g/mol. The van der Waals surface area contributed by atoms with E-state index in [1.54, 1.807) is 13.8 Å². The van der Waals surface area contributed by atoms with Gasteiger partial charge in [0, 0.05) is 13.1 Å². The van der Waals surface area contributed by atoms with Crippen molar-refractivity contribution in [2.75, 3.05) is 32.7 Å². The third kappa shape index (κ3) is 4.70. The zero-order valence-corrected chi connectivity index (χ0v) is 10.6. The van der Waals surface area contributed by atoms with E-state index in [2.05, 4.69) is 15.5 Å². The molecule has 6 nitrogen and oxygen atoms in total. The molecule has 0 aromatic rings. The highest BCUT2D eigenvalue weighted by Crippen LogP contribution is 2.01. The summed E-state index contributed by atoms with van der Waals surface area (Å²) in [6, 6.07) is 0. The first-order valence-corrected chi connectivity index (χ1v) is 5.96. The molecule has 1 aliphatic rings. The minimum Gasteiger partial charge on any atom is -0.368 e. The Morgan fingerprint density at radius 2 is 2.06 bits per heavy atom. The molecule has 0 radical (unpaired) electrons. The van der Waals surface area contributed by atoms with E-state index in [1.165, 1.54) is 0 Å². The Balaban J connectivity index is 2.40. The lowest BCUT2D eigenvalue weighted by Gasteiger charge is -2.25. The molecule has 98 valence electrons. The van der Waals surface area contributed by atoms with Gasteiger partial charge in [0.25, 0.3) is 0 Å². The van der Waals surface area contributed by atoms with Gasteiger partial charge in [0.15, 0.2) is 0 Å². The lowest BCUT2D eigenvalue weighted by molar-refractivity contribution is -0.131. The largest absolute Gasteiger partial charge is 0.368 e. The number of carbonyl (C=O) groups excluding carboxylic acids is 2. The van der Waals surface area contributed by atoms with Crippen molar-refractivity contribution in [3.63, 3.8) is 0 Å². The van der Waals surface area contributed by atoms with Crippen LogP contribution in [0, 0.1) is 0 Å². The number of nitrogens with zero attached hydrogens (tertiary/aromatic N) is 1. The van der Waals surface area contributed by atoms with Crippen molar-refractivity contribution >= 4 is 11.8 Å². The highest BCUT2D eigenvalue weighted by molar-refractivity contribution is 5.90. The van der Waals surface area contributed by atoms with E-state index in [1.807, 2.05) is 0 Å². The predicted octanol–water partition coefficient (Wildman–Crippen LogP) is -1.34. The van der Waals surface area contributed by atoms with Crippen molar-refractivity contribution in [1.29, 1.82) is 0 Å². The minimum atomic E-state index is -0.985. The standard InChI is InChI=1S/C11H22N4O2/c1-11(2,10(12)17)14-9(16)8-15-6-3-4-13-5-7-15/h13H,3-8H2,1-2H3,(H2,12,17)(H,14,16). The number of carbonyl (C=O) groups is 2. The summed E-state index contributed by atoms with van der Waals surface area (Å²) in [4.78, 5) is 24.9. The molecule has 1 fully saturated rings. The summed E-state index contributed by atoms with van der Waals surface area (Å²) < 4.78 is 0. The van der Waals surface area contributed by atoms with Crippen molar-refractivity contribution in [2.45, 2.75) is 25.8 Å².